The molecule has 0 unspecified atom stereocenters. The van der Waals surface area contributed by atoms with E-state index < -0.39 is 5.82 Å². The van der Waals surface area contributed by atoms with Gasteiger partial charge in [-0.1, -0.05) is 31.4 Å². The van der Waals surface area contributed by atoms with E-state index in [4.69, 9.17) is 11.6 Å². The summed E-state index contributed by atoms with van der Waals surface area (Å²) in [5.74, 6) is 0.774. The molecule has 5 nitrogen and oxygen atoms in total. The quantitative estimate of drug-likeness (QED) is 0.704. The summed E-state index contributed by atoms with van der Waals surface area (Å²) in [5.41, 5.74) is 1.45. The molecule has 1 fully saturated rings. The Bertz CT molecular complexity index is 910. The number of aromatic amines is 1. The number of nitrogens with zero attached hydrogens (tertiary/aromatic N) is 3. The van der Waals surface area contributed by atoms with E-state index in [2.05, 4.69) is 32.2 Å². The van der Waals surface area contributed by atoms with Crippen molar-refractivity contribution in [3.63, 3.8) is 0 Å². The number of nitrogens with one attached hydrogen (secondary N) is 2. The molecule has 3 aromatic heterocycles. The minimum Gasteiger partial charge on any atom is -0.365 e. The highest BCUT2D eigenvalue weighted by molar-refractivity contribution is 6.31. The third kappa shape index (κ3) is 3.18. The second-order valence-corrected chi connectivity index (χ2v) is 7.09. The van der Waals surface area contributed by atoms with Gasteiger partial charge in [-0.3, -0.25) is 0 Å². The van der Waals surface area contributed by atoms with Gasteiger partial charge in [-0.25, -0.2) is 19.3 Å². The number of fused-ring (bicyclic) bond motifs is 1. The Labute approximate surface area is 150 Å². The summed E-state index contributed by atoms with van der Waals surface area (Å²) in [6, 6.07) is 2.05. The van der Waals surface area contributed by atoms with Crippen molar-refractivity contribution in [2.45, 2.75) is 38.6 Å². The molecule has 0 aliphatic heterocycles. The Morgan fingerprint density at radius 1 is 1.24 bits per heavy atom. The van der Waals surface area contributed by atoms with Gasteiger partial charge < -0.3 is 10.3 Å². The van der Waals surface area contributed by atoms with Crippen LogP contribution in [0.4, 0.5) is 10.2 Å². The summed E-state index contributed by atoms with van der Waals surface area (Å²) in [7, 11) is 0. The number of pyridine rings is 1. The fourth-order valence-electron chi connectivity index (χ4n) is 3.47. The van der Waals surface area contributed by atoms with Gasteiger partial charge in [0.15, 0.2) is 17.5 Å². The number of halogens is 2. The molecule has 25 heavy (non-hydrogen) atoms. The SMILES string of the molecule is C[C@H]1CCCC[C@@H]1Nc1nc(-c2c[nH]c3ncc(Cl)cc23)ncc1F. The molecule has 130 valence electrons. The lowest BCUT2D eigenvalue weighted by molar-refractivity contribution is 0.348. The molecule has 0 radical (unpaired) electrons. The summed E-state index contributed by atoms with van der Waals surface area (Å²) < 4.78 is 14.2. The normalized spacial score (nSPS) is 20.8. The number of H-pyrrole nitrogens is 1. The predicted octanol–water partition coefficient (Wildman–Crippen LogP) is 4.80. The minimum absolute atomic E-state index is 0.241. The van der Waals surface area contributed by atoms with Gasteiger partial charge in [0.05, 0.1) is 11.2 Å². The van der Waals surface area contributed by atoms with Gasteiger partial charge in [0.1, 0.15) is 5.65 Å². The van der Waals surface area contributed by atoms with Crippen LogP contribution in [-0.4, -0.2) is 26.0 Å². The molecule has 1 saturated carbocycles. The topological polar surface area (TPSA) is 66.5 Å². The zero-order valence-electron chi connectivity index (χ0n) is 13.9. The van der Waals surface area contributed by atoms with E-state index in [9.17, 15) is 4.39 Å². The Hall–Kier alpha value is -2.21. The smallest absolute Gasteiger partial charge is 0.183 e. The molecule has 3 heterocycles. The first-order valence-electron chi connectivity index (χ1n) is 8.54. The maximum absolute atomic E-state index is 14.2. The molecule has 2 N–H and O–H groups in total. The number of hydrogen-bond donors (Lipinski definition) is 2. The van der Waals surface area contributed by atoms with Crippen LogP contribution in [0.25, 0.3) is 22.4 Å². The summed E-state index contributed by atoms with van der Waals surface area (Å²) in [6.07, 6.45) is 9.15. The molecule has 1 aliphatic rings. The molecule has 7 heteroatoms. The van der Waals surface area contributed by atoms with Crippen LogP contribution in [0.2, 0.25) is 5.02 Å². The monoisotopic (exact) mass is 359 g/mol. The number of hydrogen-bond acceptors (Lipinski definition) is 4. The van der Waals surface area contributed by atoms with Crippen LogP contribution in [0.15, 0.2) is 24.7 Å². The Kier molecular flexibility index (Phi) is 4.29. The van der Waals surface area contributed by atoms with Crippen LogP contribution in [0.5, 0.6) is 0 Å². The molecule has 0 amide bonds. The highest BCUT2D eigenvalue weighted by atomic mass is 35.5. The first kappa shape index (κ1) is 16.3. The van der Waals surface area contributed by atoms with E-state index in [0.29, 0.717) is 22.4 Å². The molecule has 0 bridgehead atoms. The summed E-state index contributed by atoms with van der Waals surface area (Å²) >= 11 is 6.05. The van der Waals surface area contributed by atoms with Crippen molar-refractivity contribution in [3.8, 4) is 11.4 Å². The molecule has 0 aromatic carbocycles. The summed E-state index contributed by atoms with van der Waals surface area (Å²) in [5, 5.41) is 4.63. The fourth-order valence-corrected chi connectivity index (χ4v) is 3.63. The van der Waals surface area contributed by atoms with Crippen LogP contribution in [0.1, 0.15) is 32.6 Å². The largest absolute Gasteiger partial charge is 0.365 e. The van der Waals surface area contributed by atoms with Crippen molar-refractivity contribution in [2.75, 3.05) is 5.32 Å². The highest BCUT2D eigenvalue weighted by Gasteiger charge is 2.23. The van der Waals surface area contributed by atoms with Gasteiger partial charge in [-0.05, 0) is 24.8 Å². The van der Waals surface area contributed by atoms with Crippen LogP contribution in [-0.2, 0) is 0 Å². The van der Waals surface area contributed by atoms with Crippen molar-refractivity contribution in [3.05, 3.63) is 35.5 Å². The predicted molar refractivity (Wildman–Crippen MR) is 97.1 cm³/mol. The minimum atomic E-state index is -0.433. The summed E-state index contributed by atoms with van der Waals surface area (Å²) in [6.45, 7) is 2.20. The number of anilines is 1. The Morgan fingerprint density at radius 3 is 2.92 bits per heavy atom. The molecular formula is C18H19ClFN5. The second kappa shape index (κ2) is 6.59. The first-order chi connectivity index (χ1) is 12.1. The summed E-state index contributed by atoms with van der Waals surface area (Å²) in [4.78, 5) is 15.9. The van der Waals surface area contributed by atoms with Gasteiger partial charge in [-0.15, -0.1) is 0 Å². The van der Waals surface area contributed by atoms with E-state index in [1.807, 2.05) is 0 Å². The maximum atomic E-state index is 14.2. The zero-order chi connectivity index (χ0) is 17.4. The molecule has 4 rings (SSSR count). The van der Waals surface area contributed by atoms with Gasteiger partial charge in [-0.2, -0.15) is 0 Å². The standard InChI is InChI=1S/C18H19ClFN5/c1-10-4-2-3-5-15(10)24-18-14(20)9-23-17(25-18)13-8-22-16-12(13)6-11(19)7-21-16/h6-10,15H,2-5H2,1H3,(H,21,22)(H,23,24,25)/t10-,15-/m0/s1. The van der Waals surface area contributed by atoms with Gasteiger partial charge in [0.25, 0.3) is 0 Å². The van der Waals surface area contributed by atoms with E-state index in [-0.39, 0.29) is 11.9 Å². The molecule has 0 spiro atoms. The van der Waals surface area contributed by atoms with E-state index in [1.54, 1.807) is 18.5 Å². The molecule has 2 atom stereocenters. The van der Waals surface area contributed by atoms with Crippen LogP contribution < -0.4 is 5.32 Å². The Morgan fingerprint density at radius 2 is 2.08 bits per heavy atom. The van der Waals surface area contributed by atoms with Crippen molar-refractivity contribution < 1.29 is 4.39 Å². The first-order valence-corrected chi connectivity index (χ1v) is 8.91. The lowest BCUT2D eigenvalue weighted by atomic mass is 9.86. The third-order valence-electron chi connectivity index (χ3n) is 4.92. The third-order valence-corrected chi connectivity index (χ3v) is 5.12. The van der Waals surface area contributed by atoms with Gasteiger partial charge in [0.2, 0.25) is 0 Å². The van der Waals surface area contributed by atoms with Crippen LogP contribution >= 0.6 is 11.6 Å². The molecular weight excluding hydrogens is 341 g/mol. The highest BCUT2D eigenvalue weighted by Crippen LogP contribution is 2.30. The molecule has 0 saturated heterocycles. The van der Waals surface area contributed by atoms with Crippen molar-refractivity contribution >= 4 is 28.5 Å². The van der Waals surface area contributed by atoms with Crippen molar-refractivity contribution in [2.24, 2.45) is 5.92 Å². The van der Waals surface area contributed by atoms with Crippen LogP contribution in [0, 0.1) is 11.7 Å². The fraction of sp³-hybridized carbons (Fsp3) is 0.389. The Balaban J connectivity index is 1.70. The number of rotatable bonds is 3. The lowest BCUT2D eigenvalue weighted by Crippen LogP contribution is -2.31. The van der Waals surface area contributed by atoms with Gasteiger partial charge >= 0.3 is 0 Å². The zero-order valence-corrected chi connectivity index (χ0v) is 14.6. The average molecular weight is 360 g/mol. The van der Waals surface area contributed by atoms with Gasteiger partial charge in [0, 0.05) is 29.4 Å². The van der Waals surface area contributed by atoms with Crippen molar-refractivity contribution in [1.82, 2.24) is 19.9 Å². The number of aromatic nitrogens is 4. The molecule has 3 aromatic rings. The lowest BCUT2D eigenvalue weighted by Gasteiger charge is -2.30. The van der Waals surface area contributed by atoms with Crippen molar-refractivity contribution in [1.29, 1.82) is 0 Å². The van der Waals surface area contributed by atoms with E-state index >= 15 is 0 Å². The maximum Gasteiger partial charge on any atom is 0.183 e. The van der Waals surface area contributed by atoms with Crippen LogP contribution in [0.3, 0.4) is 0 Å². The van der Waals surface area contributed by atoms with E-state index in [0.717, 1.165) is 30.2 Å². The molecule has 1 aliphatic carbocycles. The average Bonchev–Trinajstić information content (AvgIpc) is 3.02. The van der Waals surface area contributed by atoms with E-state index in [1.165, 1.54) is 12.6 Å². The second-order valence-electron chi connectivity index (χ2n) is 6.65.